The Balaban J connectivity index is 2.04. The Morgan fingerprint density at radius 3 is 2.55 bits per heavy atom. The third-order valence-electron chi connectivity index (χ3n) is 6.07. The number of aromatic nitrogens is 3. The molecule has 0 spiro atoms. The highest BCUT2D eigenvalue weighted by atomic mass is 16.5. The Labute approximate surface area is 182 Å². The number of nitrogens with zero attached hydrogens (tertiary/aromatic N) is 4. The van der Waals surface area contributed by atoms with E-state index >= 15 is 0 Å². The number of aryl methyl sites for hydroxylation is 3. The van der Waals surface area contributed by atoms with Crippen LogP contribution in [0.5, 0.6) is 5.75 Å². The van der Waals surface area contributed by atoms with Gasteiger partial charge in [-0.15, -0.1) is 0 Å². The fraction of sp³-hybridized carbons (Fsp3) is 0.417. The van der Waals surface area contributed by atoms with Crippen LogP contribution >= 0.6 is 0 Å². The first-order valence-electron chi connectivity index (χ1n) is 10.5. The van der Waals surface area contributed by atoms with Gasteiger partial charge in [0.1, 0.15) is 17.5 Å². The topological polar surface area (TPSA) is 76.8 Å². The van der Waals surface area contributed by atoms with Gasteiger partial charge in [-0.3, -0.25) is 9.59 Å². The Hall–Kier alpha value is -3.22. The highest BCUT2D eigenvalue weighted by molar-refractivity contribution is 6.05. The van der Waals surface area contributed by atoms with Gasteiger partial charge in [0.2, 0.25) is 5.91 Å². The maximum absolute atomic E-state index is 13.0. The van der Waals surface area contributed by atoms with Crippen molar-refractivity contribution in [2.75, 3.05) is 21.2 Å². The molecule has 0 aliphatic heterocycles. The van der Waals surface area contributed by atoms with Gasteiger partial charge in [-0.25, -0.2) is 9.50 Å². The third-order valence-corrected chi connectivity index (χ3v) is 6.07. The van der Waals surface area contributed by atoms with E-state index in [9.17, 15) is 9.59 Å². The molecular weight excluding hydrogens is 392 g/mol. The van der Waals surface area contributed by atoms with Crippen LogP contribution in [0, 0.1) is 13.8 Å². The van der Waals surface area contributed by atoms with Gasteiger partial charge in [0.05, 0.1) is 18.5 Å². The highest BCUT2D eigenvalue weighted by Gasteiger charge is 2.35. The van der Waals surface area contributed by atoms with Crippen molar-refractivity contribution in [1.29, 1.82) is 0 Å². The Morgan fingerprint density at radius 1 is 1.19 bits per heavy atom. The minimum absolute atomic E-state index is 0.185. The van der Waals surface area contributed by atoms with Gasteiger partial charge in [0.15, 0.2) is 5.65 Å². The lowest BCUT2D eigenvalue weighted by atomic mass is 9.94. The van der Waals surface area contributed by atoms with Crippen molar-refractivity contribution in [2.24, 2.45) is 0 Å². The van der Waals surface area contributed by atoms with Crippen LogP contribution in [-0.2, 0) is 22.4 Å². The van der Waals surface area contributed by atoms with E-state index < -0.39 is 5.92 Å². The number of ether oxygens (including phenoxy) is 1. The summed E-state index contributed by atoms with van der Waals surface area (Å²) in [4.78, 5) is 32.2. The van der Waals surface area contributed by atoms with Crippen LogP contribution in [-0.4, -0.2) is 52.4 Å². The van der Waals surface area contributed by atoms with Gasteiger partial charge in [0.25, 0.3) is 0 Å². The number of Topliss-reactive ketones (excluding diaryl/α,β-unsaturated/α-hetero) is 1. The molecule has 7 nitrogen and oxygen atoms in total. The maximum Gasteiger partial charge on any atom is 0.238 e. The molecule has 0 radical (unpaired) electrons. The second kappa shape index (κ2) is 7.80. The predicted molar refractivity (Wildman–Crippen MR) is 119 cm³/mol. The number of carbonyl (C=O) groups excluding carboxylic acids is 2. The van der Waals surface area contributed by atoms with Crippen molar-refractivity contribution in [2.45, 2.75) is 46.0 Å². The van der Waals surface area contributed by atoms with Gasteiger partial charge < -0.3 is 9.64 Å². The molecule has 0 saturated heterocycles. The number of methoxy groups -OCH3 is 1. The summed E-state index contributed by atoms with van der Waals surface area (Å²) in [6, 6.07) is 5.92. The van der Waals surface area contributed by atoms with Gasteiger partial charge in [-0.05, 0) is 68.9 Å². The summed E-state index contributed by atoms with van der Waals surface area (Å²) in [6.07, 6.45) is 2.60. The van der Waals surface area contributed by atoms with E-state index in [0.29, 0.717) is 11.3 Å². The third kappa shape index (κ3) is 3.38. The zero-order valence-electron chi connectivity index (χ0n) is 18.9. The fourth-order valence-electron chi connectivity index (χ4n) is 4.57. The first kappa shape index (κ1) is 21.0. The van der Waals surface area contributed by atoms with Crippen LogP contribution < -0.4 is 4.74 Å². The quantitative estimate of drug-likeness (QED) is 0.592. The molecule has 1 aliphatic rings. The standard InChI is InChI=1S/C24H28N4O3/c1-13-12-16(31-6)10-11-17(13)20-14(2)26-28-22(21(15(3)29)24(30)27(4)5)18-8-7-9-19(18)25-23(20)28/h10-12,21H,7-9H2,1-6H3. The van der Waals surface area contributed by atoms with E-state index in [0.717, 1.165) is 58.7 Å². The van der Waals surface area contributed by atoms with Crippen LogP contribution in [0.4, 0.5) is 0 Å². The molecular formula is C24H28N4O3. The van der Waals surface area contributed by atoms with Crippen molar-refractivity contribution in [1.82, 2.24) is 19.5 Å². The number of hydrogen-bond donors (Lipinski definition) is 0. The number of ketones is 1. The first-order chi connectivity index (χ1) is 14.7. The number of rotatable bonds is 5. The molecule has 2 aromatic heterocycles. The predicted octanol–water partition coefficient (Wildman–Crippen LogP) is 3.27. The summed E-state index contributed by atoms with van der Waals surface area (Å²) in [5.41, 5.74) is 7.12. The second-order valence-corrected chi connectivity index (χ2v) is 8.43. The lowest BCUT2D eigenvalue weighted by Crippen LogP contribution is -2.34. The van der Waals surface area contributed by atoms with E-state index in [1.165, 1.54) is 11.8 Å². The monoisotopic (exact) mass is 420 g/mol. The van der Waals surface area contributed by atoms with Crippen molar-refractivity contribution >= 4 is 17.3 Å². The number of benzene rings is 1. The summed E-state index contributed by atoms with van der Waals surface area (Å²) >= 11 is 0. The maximum atomic E-state index is 13.0. The Kier molecular flexibility index (Phi) is 5.29. The van der Waals surface area contributed by atoms with Crippen LogP contribution in [0.1, 0.15) is 47.5 Å². The minimum atomic E-state index is -0.892. The number of hydrogen-bond acceptors (Lipinski definition) is 5. The largest absolute Gasteiger partial charge is 0.497 e. The average molecular weight is 421 g/mol. The van der Waals surface area contributed by atoms with Crippen molar-refractivity contribution in [3.63, 3.8) is 0 Å². The minimum Gasteiger partial charge on any atom is -0.497 e. The number of carbonyl (C=O) groups is 2. The molecule has 3 aromatic rings. The number of amides is 1. The van der Waals surface area contributed by atoms with E-state index in [4.69, 9.17) is 14.8 Å². The molecule has 31 heavy (non-hydrogen) atoms. The normalized spacial score (nSPS) is 13.9. The smallest absolute Gasteiger partial charge is 0.238 e. The molecule has 0 fully saturated rings. The molecule has 4 rings (SSSR count). The molecule has 1 aliphatic carbocycles. The lowest BCUT2D eigenvalue weighted by molar-refractivity contribution is -0.135. The van der Waals surface area contributed by atoms with E-state index in [1.807, 2.05) is 32.0 Å². The van der Waals surface area contributed by atoms with E-state index in [2.05, 4.69) is 0 Å². The second-order valence-electron chi connectivity index (χ2n) is 8.43. The van der Waals surface area contributed by atoms with Crippen LogP contribution in [0.3, 0.4) is 0 Å². The highest BCUT2D eigenvalue weighted by Crippen LogP contribution is 2.37. The molecule has 162 valence electrons. The summed E-state index contributed by atoms with van der Waals surface area (Å²) in [5, 5.41) is 4.80. The molecule has 1 atom stereocenters. The van der Waals surface area contributed by atoms with Gasteiger partial charge >= 0.3 is 0 Å². The van der Waals surface area contributed by atoms with E-state index in [1.54, 1.807) is 25.7 Å². The average Bonchev–Trinajstić information content (AvgIpc) is 3.31. The van der Waals surface area contributed by atoms with Gasteiger partial charge in [-0.2, -0.15) is 5.10 Å². The number of likely N-dealkylation sites (N-methyl/N-ethyl adjacent to an activating group) is 1. The molecule has 0 saturated carbocycles. The van der Waals surface area contributed by atoms with Crippen molar-refractivity contribution in [3.05, 3.63) is 46.4 Å². The molecule has 1 amide bonds. The van der Waals surface area contributed by atoms with Gasteiger partial charge in [0, 0.05) is 25.4 Å². The van der Waals surface area contributed by atoms with Crippen LogP contribution in [0.2, 0.25) is 0 Å². The SMILES string of the molecule is COc1ccc(-c2c(C)nn3c(C(C(C)=O)C(=O)N(C)C)c4c(nc23)CCC4)c(C)c1. The van der Waals surface area contributed by atoms with Crippen molar-refractivity contribution < 1.29 is 14.3 Å². The molecule has 7 heteroatoms. The number of fused-ring (bicyclic) bond motifs is 2. The zero-order valence-corrected chi connectivity index (χ0v) is 18.9. The molecule has 1 unspecified atom stereocenters. The first-order valence-corrected chi connectivity index (χ1v) is 10.5. The molecule has 2 heterocycles. The fourth-order valence-corrected chi connectivity index (χ4v) is 4.57. The van der Waals surface area contributed by atoms with Crippen molar-refractivity contribution in [3.8, 4) is 16.9 Å². The summed E-state index contributed by atoms with van der Waals surface area (Å²) in [6.45, 7) is 5.45. The summed E-state index contributed by atoms with van der Waals surface area (Å²) in [5.74, 6) is -0.519. The van der Waals surface area contributed by atoms with Crippen LogP contribution in [0.25, 0.3) is 16.8 Å². The Bertz CT molecular complexity index is 1210. The molecule has 1 aromatic carbocycles. The summed E-state index contributed by atoms with van der Waals surface area (Å²) in [7, 11) is 5.00. The molecule has 0 bridgehead atoms. The Morgan fingerprint density at radius 2 is 1.94 bits per heavy atom. The van der Waals surface area contributed by atoms with E-state index in [-0.39, 0.29) is 11.7 Å². The van der Waals surface area contributed by atoms with Crippen LogP contribution in [0.15, 0.2) is 18.2 Å². The lowest BCUT2D eigenvalue weighted by Gasteiger charge is -2.21. The summed E-state index contributed by atoms with van der Waals surface area (Å²) < 4.78 is 7.10. The van der Waals surface area contributed by atoms with Gasteiger partial charge in [-0.1, -0.05) is 6.07 Å². The molecule has 0 N–H and O–H groups in total. The zero-order chi connectivity index (χ0) is 22.4.